The number of non-ortho nitro benzene ring substituents is 1. The van der Waals surface area contributed by atoms with Crippen molar-refractivity contribution in [3.8, 4) is 5.75 Å². The van der Waals surface area contributed by atoms with Gasteiger partial charge in [-0.3, -0.25) is 19.7 Å². The summed E-state index contributed by atoms with van der Waals surface area (Å²) in [5, 5.41) is 13.3. The van der Waals surface area contributed by atoms with E-state index in [1.54, 1.807) is 36.4 Å². The zero-order valence-corrected chi connectivity index (χ0v) is 16.9. The van der Waals surface area contributed by atoms with Gasteiger partial charge < -0.3 is 14.8 Å². The van der Waals surface area contributed by atoms with Crippen LogP contribution >= 0.6 is 0 Å². The Morgan fingerprint density at radius 1 is 0.906 bits per heavy atom. The molecule has 0 aliphatic heterocycles. The Kier molecular flexibility index (Phi) is 6.92. The Hall–Kier alpha value is -4.53. The molecule has 3 aromatic carbocycles. The third-order valence-corrected chi connectivity index (χ3v) is 4.48. The summed E-state index contributed by atoms with van der Waals surface area (Å²) in [4.78, 5) is 47.4. The number of para-hydroxylation sites is 1. The molecule has 0 fully saturated rings. The number of esters is 1. The van der Waals surface area contributed by atoms with E-state index in [1.807, 2.05) is 0 Å². The lowest BCUT2D eigenvalue weighted by Crippen LogP contribution is -2.18. The van der Waals surface area contributed by atoms with Crippen LogP contribution in [0.2, 0.25) is 0 Å². The monoisotopic (exact) mass is 434 g/mol. The Bertz CT molecular complexity index is 1160. The molecule has 0 heterocycles. The van der Waals surface area contributed by atoms with Crippen molar-refractivity contribution in [2.24, 2.45) is 0 Å². The van der Waals surface area contributed by atoms with Crippen LogP contribution in [0.1, 0.15) is 31.1 Å². The Labute approximate surface area is 182 Å². The molecule has 0 bridgehead atoms. The molecule has 9 nitrogen and oxygen atoms in total. The standard InChI is InChI=1S/C23H18N2O7/c1-31-18-12-8-15(9-13-18)21(26)14-32-23(28)19-4-2-3-5-20(19)24-22(27)16-6-10-17(11-7-16)25(29)30/h2-13H,14H2,1H3,(H,24,27). The van der Waals surface area contributed by atoms with E-state index in [9.17, 15) is 24.5 Å². The van der Waals surface area contributed by atoms with E-state index in [0.717, 1.165) is 0 Å². The molecule has 0 unspecified atom stereocenters. The summed E-state index contributed by atoms with van der Waals surface area (Å²) in [6.45, 7) is -0.476. The summed E-state index contributed by atoms with van der Waals surface area (Å²) in [5.41, 5.74) is 0.627. The van der Waals surface area contributed by atoms with E-state index in [0.29, 0.717) is 11.3 Å². The lowest BCUT2D eigenvalue weighted by atomic mass is 10.1. The number of methoxy groups -OCH3 is 1. The van der Waals surface area contributed by atoms with Crippen LogP contribution in [0.15, 0.2) is 72.8 Å². The van der Waals surface area contributed by atoms with Crippen molar-refractivity contribution in [2.45, 2.75) is 0 Å². The molecule has 32 heavy (non-hydrogen) atoms. The van der Waals surface area contributed by atoms with Crippen molar-refractivity contribution in [1.82, 2.24) is 0 Å². The van der Waals surface area contributed by atoms with Gasteiger partial charge in [0.15, 0.2) is 12.4 Å². The second-order valence-corrected chi connectivity index (χ2v) is 6.53. The van der Waals surface area contributed by atoms with Crippen LogP contribution in [0.3, 0.4) is 0 Å². The highest BCUT2D eigenvalue weighted by Gasteiger charge is 2.17. The van der Waals surface area contributed by atoms with Gasteiger partial charge in [-0.2, -0.15) is 0 Å². The van der Waals surface area contributed by atoms with Gasteiger partial charge in [0.2, 0.25) is 0 Å². The molecule has 0 saturated carbocycles. The number of Topliss-reactive ketones (excluding diaryl/α,β-unsaturated/α-hetero) is 1. The van der Waals surface area contributed by atoms with Crippen molar-refractivity contribution >= 4 is 29.0 Å². The number of hydrogen-bond acceptors (Lipinski definition) is 7. The fourth-order valence-corrected chi connectivity index (χ4v) is 2.77. The third-order valence-electron chi connectivity index (χ3n) is 4.48. The van der Waals surface area contributed by atoms with Gasteiger partial charge in [-0.05, 0) is 48.5 Å². The number of amides is 1. The van der Waals surface area contributed by atoms with Gasteiger partial charge in [0.05, 0.1) is 23.3 Å². The van der Waals surface area contributed by atoms with Gasteiger partial charge in [0, 0.05) is 23.3 Å². The second-order valence-electron chi connectivity index (χ2n) is 6.53. The maximum absolute atomic E-state index is 12.5. The molecule has 3 aromatic rings. The summed E-state index contributed by atoms with van der Waals surface area (Å²) in [6.07, 6.45) is 0. The molecule has 9 heteroatoms. The first kappa shape index (κ1) is 22.2. The molecule has 1 amide bonds. The van der Waals surface area contributed by atoms with E-state index in [1.165, 1.54) is 43.5 Å². The van der Waals surface area contributed by atoms with E-state index in [2.05, 4.69) is 5.32 Å². The molecule has 0 atom stereocenters. The number of nitrogens with one attached hydrogen (secondary N) is 1. The fourth-order valence-electron chi connectivity index (χ4n) is 2.77. The van der Waals surface area contributed by atoms with Gasteiger partial charge in [-0.15, -0.1) is 0 Å². The average molecular weight is 434 g/mol. The van der Waals surface area contributed by atoms with Gasteiger partial charge in [-0.25, -0.2) is 4.79 Å². The summed E-state index contributed by atoms with van der Waals surface area (Å²) >= 11 is 0. The molecule has 0 radical (unpaired) electrons. The van der Waals surface area contributed by atoms with Crippen LogP contribution in [0.5, 0.6) is 5.75 Å². The number of carbonyl (C=O) groups excluding carboxylic acids is 3. The maximum atomic E-state index is 12.5. The predicted molar refractivity (Wildman–Crippen MR) is 115 cm³/mol. The molecule has 0 aliphatic carbocycles. The first-order valence-electron chi connectivity index (χ1n) is 9.38. The number of nitro benzene ring substituents is 1. The van der Waals surface area contributed by atoms with E-state index >= 15 is 0 Å². The van der Waals surface area contributed by atoms with Gasteiger partial charge in [-0.1, -0.05) is 12.1 Å². The minimum atomic E-state index is -0.786. The van der Waals surface area contributed by atoms with Crippen LogP contribution in [-0.4, -0.2) is 36.3 Å². The largest absolute Gasteiger partial charge is 0.497 e. The fraction of sp³-hybridized carbons (Fsp3) is 0.0870. The summed E-state index contributed by atoms with van der Waals surface area (Å²) in [5.74, 6) is -1.15. The van der Waals surface area contributed by atoms with Crippen LogP contribution in [-0.2, 0) is 4.74 Å². The number of carbonyl (C=O) groups is 3. The molecule has 0 saturated heterocycles. The smallest absolute Gasteiger partial charge is 0.340 e. The molecule has 0 spiro atoms. The van der Waals surface area contributed by atoms with Crippen molar-refractivity contribution < 1.29 is 28.8 Å². The Balaban J connectivity index is 1.67. The number of ether oxygens (including phenoxy) is 2. The zero-order valence-electron chi connectivity index (χ0n) is 16.9. The number of ketones is 1. The Morgan fingerprint density at radius 2 is 1.53 bits per heavy atom. The normalized spacial score (nSPS) is 10.2. The average Bonchev–Trinajstić information content (AvgIpc) is 2.82. The van der Waals surface area contributed by atoms with Gasteiger partial charge in [0.25, 0.3) is 11.6 Å². The molecule has 0 aromatic heterocycles. The number of hydrogen-bond donors (Lipinski definition) is 1. The molecular formula is C23H18N2O7. The zero-order chi connectivity index (χ0) is 23.1. The van der Waals surface area contributed by atoms with Crippen LogP contribution in [0.25, 0.3) is 0 Å². The molecule has 1 N–H and O–H groups in total. The molecule has 162 valence electrons. The summed E-state index contributed by atoms with van der Waals surface area (Å²) < 4.78 is 10.2. The number of nitro groups is 1. The first-order chi connectivity index (χ1) is 15.4. The lowest BCUT2D eigenvalue weighted by Gasteiger charge is -2.11. The summed E-state index contributed by atoms with van der Waals surface area (Å²) in [7, 11) is 1.51. The minimum absolute atomic E-state index is 0.0605. The Morgan fingerprint density at radius 3 is 2.16 bits per heavy atom. The lowest BCUT2D eigenvalue weighted by molar-refractivity contribution is -0.384. The minimum Gasteiger partial charge on any atom is -0.497 e. The SMILES string of the molecule is COc1ccc(C(=O)COC(=O)c2ccccc2NC(=O)c2ccc([N+](=O)[O-])cc2)cc1. The highest BCUT2D eigenvalue weighted by molar-refractivity contribution is 6.08. The van der Waals surface area contributed by atoms with Gasteiger partial charge in [0.1, 0.15) is 5.75 Å². The van der Waals surface area contributed by atoms with Crippen molar-refractivity contribution in [1.29, 1.82) is 0 Å². The topological polar surface area (TPSA) is 125 Å². The third kappa shape index (κ3) is 5.33. The van der Waals surface area contributed by atoms with E-state index in [4.69, 9.17) is 9.47 Å². The molecular weight excluding hydrogens is 416 g/mol. The number of nitrogens with zero attached hydrogens (tertiary/aromatic N) is 1. The second kappa shape index (κ2) is 9.98. The van der Waals surface area contributed by atoms with E-state index in [-0.39, 0.29) is 22.5 Å². The molecule has 3 rings (SSSR count). The van der Waals surface area contributed by atoms with E-state index < -0.39 is 29.2 Å². The summed E-state index contributed by atoms with van der Waals surface area (Å²) in [6, 6.07) is 17.6. The predicted octanol–water partition coefficient (Wildman–Crippen LogP) is 3.90. The maximum Gasteiger partial charge on any atom is 0.340 e. The van der Waals surface area contributed by atoms with Crippen LogP contribution in [0, 0.1) is 10.1 Å². The van der Waals surface area contributed by atoms with Crippen LogP contribution in [0.4, 0.5) is 11.4 Å². The van der Waals surface area contributed by atoms with Crippen molar-refractivity contribution in [3.05, 3.63) is 99.6 Å². The highest BCUT2D eigenvalue weighted by Crippen LogP contribution is 2.19. The van der Waals surface area contributed by atoms with Gasteiger partial charge >= 0.3 is 5.97 Å². The first-order valence-corrected chi connectivity index (χ1v) is 9.38. The molecule has 0 aliphatic rings. The van der Waals surface area contributed by atoms with Crippen molar-refractivity contribution in [2.75, 3.05) is 19.0 Å². The highest BCUT2D eigenvalue weighted by atomic mass is 16.6. The number of anilines is 1. The van der Waals surface area contributed by atoms with Crippen LogP contribution < -0.4 is 10.1 Å². The van der Waals surface area contributed by atoms with Crippen molar-refractivity contribution in [3.63, 3.8) is 0 Å². The number of rotatable bonds is 8. The number of benzene rings is 3. The quantitative estimate of drug-likeness (QED) is 0.247.